The van der Waals surface area contributed by atoms with E-state index in [9.17, 15) is 4.79 Å². The first kappa shape index (κ1) is 14.3. The maximum absolute atomic E-state index is 11.4. The van der Waals surface area contributed by atoms with Gasteiger partial charge in [-0.3, -0.25) is 0 Å². The molecule has 0 bridgehead atoms. The monoisotopic (exact) mass is 248 g/mol. The Morgan fingerprint density at radius 2 is 2.17 bits per heavy atom. The van der Waals surface area contributed by atoms with E-state index in [2.05, 4.69) is 6.92 Å². The highest BCUT2D eigenvalue weighted by atomic mass is 16.5. The number of carbonyl (C=O) groups is 1. The van der Waals surface area contributed by atoms with Crippen LogP contribution in [0.5, 0.6) is 5.75 Å². The molecule has 1 rings (SSSR count). The Labute approximate surface area is 108 Å². The second-order valence-electron chi connectivity index (χ2n) is 4.10. The van der Waals surface area contributed by atoms with Gasteiger partial charge < -0.3 is 9.47 Å². The SMILES string of the molecule is CCCCOC(=O)/C=C/c1cc(C)ccc1OC. The standard InChI is InChI=1S/C15H20O3/c1-4-5-10-18-15(16)9-7-13-11-12(2)6-8-14(13)17-3/h6-9,11H,4-5,10H2,1-3H3/b9-7+. The van der Waals surface area contributed by atoms with Crippen molar-refractivity contribution in [2.24, 2.45) is 0 Å². The summed E-state index contributed by atoms with van der Waals surface area (Å²) in [6.07, 6.45) is 5.07. The third-order valence-electron chi connectivity index (χ3n) is 2.53. The largest absolute Gasteiger partial charge is 0.496 e. The fourth-order valence-corrected chi connectivity index (χ4v) is 1.51. The molecule has 1 aromatic rings. The van der Waals surface area contributed by atoms with Crippen LogP contribution in [0.4, 0.5) is 0 Å². The number of rotatable bonds is 6. The molecule has 0 spiro atoms. The van der Waals surface area contributed by atoms with Gasteiger partial charge in [0.05, 0.1) is 13.7 Å². The average Bonchev–Trinajstić information content (AvgIpc) is 2.37. The summed E-state index contributed by atoms with van der Waals surface area (Å²) in [5.41, 5.74) is 2.00. The van der Waals surface area contributed by atoms with Crippen molar-refractivity contribution in [2.45, 2.75) is 26.7 Å². The Bertz CT molecular complexity index is 422. The minimum absolute atomic E-state index is 0.313. The van der Waals surface area contributed by atoms with Gasteiger partial charge in [-0.2, -0.15) is 0 Å². The lowest BCUT2D eigenvalue weighted by Crippen LogP contribution is -2.01. The lowest BCUT2D eigenvalue weighted by atomic mass is 10.1. The molecule has 0 saturated carbocycles. The van der Waals surface area contributed by atoms with E-state index in [1.54, 1.807) is 13.2 Å². The summed E-state index contributed by atoms with van der Waals surface area (Å²) < 4.78 is 10.3. The van der Waals surface area contributed by atoms with Crippen LogP contribution in [0.1, 0.15) is 30.9 Å². The summed E-state index contributed by atoms with van der Waals surface area (Å²) in [5.74, 6) is 0.435. The van der Waals surface area contributed by atoms with E-state index in [4.69, 9.17) is 9.47 Å². The van der Waals surface area contributed by atoms with Gasteiger partial charge in [-0.1, -0.05) is 25.0 Å². The molecule has 0 aromatic heterocycles. The number of unbranched alkanes of at least 4 members (excludes halogenated alkanes) is 1. The van der Waals surface area contributed by atoms with Crippen LogP contribution < -0.4 is 4.74 Å². The number of hydrogen-bond donors (Lipinski definition) is 0. The summed E-state index contributed by atoms with van der Waals surface area (Å²) in [4.78, 5) is 11.4. The first-order chi connectivity index (χ1) is 8.67. The molecule has 3 nitrogen and oxygen atoms in total. The molecule has 98 valence electrons. The lowest BCUT2D eigenvalue weighted by Gasteiger charge is -2.05. The van der Waals surface area contributed by atoms with Gasteiger partial charge in [0.25, 0.3) is 0 Å². The molecule has 0 N–H and O–H groups in total. The van der Waals surface area contributed by atoms with Crippen LogP contribution in [0, 0.1) is 6.92 Å². The molecule has 18 heavy (non-hydrogen) atoms. The van der Waals surface area contributed by atoms with Crippen molar-refractivity contribution in [3.05, 3.63) is 35.4 Å². The Kier molecular flexibility index (Phi) is 5.98. The molecule has 0 aliphatic heterocycles. The van der Waals surface area contributed by atoms with E-state index in [1.165, 1.54) is 6.08 Å². The summed E-state index contributed by atoms with van der Waals surface area (Å²) in [7, 11) is 1.61. The molecule has 0 fully saturated rings. The first-order valence-electron chi connectivity index (χ1n) is 6.17. The second kappa shape index (κ2) is 7.54. The summed E-state index contributed by atoms with van der Waals surface area (Å²) >= 11 is 0. The van der Waals surface area contributed by atoms with Crippen LogP contribution in [-0.4, -0.2) is 19.7 Å². The summed E-state index contributed by atoms with van der Waals surface area (Å²) in [5, 5.41) is 0. The molecule has 3 heteroatoms. The van der Waals surface area contributed by atoms with Crippen LogP contribution in [0.25, 0.3) is 6.08 Å². The predicted molar refractivity (Wildman–Crippen MR) is 72.6 cm³/mol. The van der Waals surface area contributed by atoms with Gasteiger partial charge in [0.1, 0.15) is 5.75 Å². The minimum atomic E-state index is -0.313. The number of aryl methyl sites for hydroxylation is 1. The van der Waals surface area contributed by atoms with Crippen molar-refractivity contribution >= 4 is 12.0 Å². The molecule has 0 aliphatic carbocycles. The fraction of sp³-hybridized carbons (Fsp3) is 0.400. The Morgan fingerprint density at radius 3 is 2.83 bits per heavy atom. The van der Waals surface area contributed by atoms with Gasteiger partial charge in [-0.25, -0.2) is 4.79 Å². The molecule has 0 radical (unpaired) electrons. The molecule has 0 aliphatic rings. The zero-order valence-corrected chi connectivity index (χ0v) is 11.2. The zero-order chi connectivity index (χ0) is 13.4. The molecule has 1 aromatic carbocycles. The first-order valence-corrected chi connectivity index (χ1v) is 6.17. The number of methoxy groups -OCH3 is 1. The van der Waals surface area contributed by atoms with E-state index >= 15 is 0 Å². The highest BCUT2D eigenvalue weighted by Crippen LogP contribution is 2.20. The fourth-order valence-electron chi connectivity index (χ4n) is 1.51. The molecular weight excluding hydrogens is 228 g/mol. The lowest BCUT2D eigenvalue weighted by molar-refractivity contribution is -0.137. The van der Waals surface area contributed by atoms with E-state index < -0.39 is 0 Å². The van der Waals surface area contributed by atoms with Gasteiger partial charge in [0, 0.05) is 11.6 Å². The molecule has 0 amide bonds. The molecular formula is C15H20O3. The molecule has 0 saturated heterocycles. The molecule has 0 unspecified atom stereocenters. The van der Waals surface area contributed by atoms with Crippen LogP contribution >= 0.6 is 0 Å². The highest BCUT2D eigenvalue weighted by molar-refractivity contribution is 5.87. The van der Waals surface area contributed by atoms with Crippen molar-refractivity contribution < 1.29 is 14.3 Å². The zero-order valence-electron chi connectivity index (χ0n) is 11.2. The van der Waals surface area contributed by atoms with E-state index in [0.29, 0.717) is 6.61 Å². The van der Waals surface area contributed by atoms with Crippen molar-refractivity contribution in [3.63, 3.8) is 0 Å². The van der Waals surface area contributed by atoms with Crippen molar-refractivity contribution in [2.75, 3.05) is 13.7 Å². The van der Waals surface area contributed by atoms with Gasteiger partial charge in [0.15, 0.2) is 0 Å². The normalized spacial score (nSPS) is 10.6. The summed E-state index contributed by atoms with van der Waals surface area (Å²) in [6.45, 7) is 4.53. The number of esters is 1. The average molecular weight is 248 g/mol. The van der Waals surface area contributed by atoms with Crippen LogP contribution in [0.2, 0.25) is 0 Å². The van der Waals surface area contributed by atoms with Crippen molar-refractivity contribution in [1.29, 1.82) is 0 Å². The van der Waals surface area contributed by atoms with Crippen LogP contribution in [-0.2, 0) is 9.53 Å². The summed E-state index contributed by atoms with van der Waals surface area (Å²) in [6, 6.07) is 5.82. The topological polar surface area (TPSA) is 35.5 Å². The van der Waals surface area contributed by atoms with E-state index in [-0.39, 0.29) is 5.97 Å². The number of carbonyl (C=O) groups excluding carboxylic acids is 1. The molecule has 0 heterocycles. The third kappa shape index (κ3) is 4.62. The van der Waals surface area contributed by atoms with Gasteiger partial charge in [-0.05, 0) is 31.6 Å². The van der Waals surface area contributed by atoms with E-state index in [1.807, 2.05) is 25.1 Å². The predicted octanol–water partition coefficient (Wildman–Crippen LogP) is 3.36. The van der Waals surface area contributed by atoms with Gasteiger partial charge in [0.2, 0.25) is 0 Å². The Morgan fingerprint density at radius 1 is 1.39 bits per heavy atom. The number of ether oxygens (including phenoxy) is 2. The number of hydrogen-bond acceptors (Lipinski definition) is 3. The molecule has 0 atom stereocenters. The van der Waals surface area contributed by atoms with E-state index in [0.717, 1.165) is 29.7 Å². The van der Waals surface area contributed by atoms with Gasteiger partial charge in [-0.15, -0.1) is 0 Å². The second-order valence-corrected chi connectivity index (χ2v) is 4.10. The third-order valence-corrected chi connectivity index (χ3v) is 2.53. The Balaban J connectivity index is 2.65. The Hall–Kier alpha value is -1.77. The van der Waals surface area contributed by atoms with Gasteiger partial charge >= 0.3 is 5.97 Å². The highest BCUT2D eigenvalue weighted by Gasteiger charge is 2.01. The van der Waals surface area contributed by atoms with Crippen LogP contribution in [0.15, 0.2) is 24.3 Å². The van der Waals surface area contributed by atoms with Crippen LogP contribution in [0.3, 0.4) is 0 Å². The van der Waals surface area contributed by atoms with Crippen molar-refractivity contribution in [3.8, 4) is 5.75 Å². The maximum atomic E-state index is 11.4. The smallest absolute Gasteiger partial charge is 0.330 e. The van der Waals surface area contributed by atoms with Crippen molar-refractivity contribution in [1.82, 2.24) is 0 Å². The maximum Gasteiger partial charge on any atom is 0.330 e. The quantitative estimate of drug-likeness (QED) is 0.440. The number of benzene rings is 1. The minimum Gasteiger partial charge on any atom is -0.496 e.